The fourth-order valence-electron chi connectivity index (χ4n) is 2.56. The molecule has 0 N–H and O–H groups in total. The molecule has 0 saturated carbocycles. The highest BCUT2D eigenvalue weighted by Crippen LogP contribution is 2.46. The van der Waals surface area contributed by atoms with Crippen molar-refractivity contribution in [3.05, 3.63) is 15.3 Å². The quantitative estimate of drug-likeness (QED) is 0.389. The number of hydrogen-bond donors (Lipinski definition) is 0. The van der Waals surface area contributed by atoms with Gasteiger partial charge >= 0.3 is 0 Å². The summed E-state index contributed by atoms with van der Waals surface area (Å²) in [5.74, 6) is -0.267. The van der Waals surface area contributed by atoms with Gasteiger partial charge in [0, 0.05) is 0 Å². The molecule has 3 rings (SSSR count). The standard InChI is InChI=1S/C14H12BrClF3N3OS/c1-5-4-23-12-7-11(10(19)8(15)9(12)16)20-14(24-2)21-13(7)22(5)3-6(17)18/h5-6H,3-4H2,1-2H3/t5-/m1/s1. The molecular formula is C14H12BrClF3N3OS. The van der Waals surface area contributed by atoms with Gasteiger partial charge in [0.2, 0.25) is 0 Å². The number of anilines is 1. The molecule has 10 heteroatoms. The van der Waals surface area contributed by atoms with Crippen molar-refractivity contribution in [2.24, 2.45) is 0 Å². The molecular weight excluding hydrogens is 431 g/mol. The Kier molecular flexibility index (Phi) is 5.04. The zero-order valence-electron chi connectivity index (χ0n) is 12.6. The summed E-state index contributed by atoms with van der Waals surface area (Å²) in [7, 11) is 0. The summed E-state index contributed by atoms with van der Waals surface area (Å²) in [6.45, 7) is 1.31. The summed E-state index contributed by atoms with van der Waals surface area (Å²) in [6.07, 6.45) is -0.848. The van der Waals surface area contributed by atoms with Gasteiger partial charge in [0.25, 0.3) is 6.43 Å². The summed E-state index contributed by atoms with van der Waals surface area (Å²) < 4.78 is 46.5. The first-order chi connectivity index (χ1) is 11.3. The van der Waals surface area contributed by atoms with Crippen molar-refractivity contribution in [3.63, 3.8) is 0 Å². The Morgan fingerprint density at radius 1 is 1.46 bits per heavy atom. The van der Waals surface area contributed by atoms with Crippen molar-refractivity contribution in [1.29, 1.82) is 0 Å². The number of halogens is 5. The van der Waals surface area contributed by atoms with Crippen LogP contribution in [0, 0.1) is 5.82 Å². The zero-order valence-corrected chi connectivity index (χ0v) is 15.8. The Balaban J connectivity index is 2.40. The predicted molar refractivity (Wildman–Crippen MR) is 92.3 cm³/mol. The Morgan fingerprint density at radius 2 is 2.17 bits per heavy atom. The monoisotopic (exact) mass is 441 g/mol. The molecule has 0 aliphatic carbocycles. The van der Waals surface area contributed by atoms with Crippen molar-refractivity contribution in [2.45, 2.75) is 24.5 Å². The Labute approximate surface area is 153 Å². The summed E-state index contributed by atoms with van der Waals surface area (Å²) in [5.41, 5.74) is -0.0102. The van der Waals surface area contributed by atoms with Crippen LogP contribution < -0.4 is 9.64 Å². The van der Waals surface area contributed by atoms with Gasteiger partial charge in [0.15, 0.2) is 16.7 Å². The van der Waals surface area contributed by atoms with E-state index in [1.807, 2.05) is 0 Å². The van der Waals surface area contributed by atoms with Crippen LogP contribution in [-0.2, 0) is 0 Å². The molecule has 0 bridgehead atoms. The fourth-order valence-corrected chi connectivity index (χ4v) is 3.52. The van der Waals surface area contributed by atoms with Crippen LogP contribution in [-0.4, -0.2) is 41.8 Å². The Morgan fingerprint density at radius 3 is 2.79 bits per heavy atom. The molecule has 1 aliphatic heterocycles. The second-order valence-corrected chi connectivity index (χ2v) is 7.18. The van der Waals surface area contributed by atoms with Gasteiger partial charge in [0.05, 0.1) is 22.4 Å². The molecule has 0 fully saturated rings. The molecule has 0 amide bonds. The number of nitrogens with zero attached hydrogens (tertiary/aromatic N) is 3. The molecule has 0 saturated heterocycles. The van der Waals surface area contributed by atoms with Crippen molar-refractivity contribution in [1.82, 2.24) is 9.97 Å². The highest BCUT2D eigenvalue weighted by molar-refractivity contribution is 9.10. The van der Waals surface area contributed by atoms with Gasteiger partial charge in [-0.25, -0.2) is 23.1 Å². The molecule has 0 spiro atoms. The third-order valence-electron chi connectivity index (χ3n) is 3.68. The van der Waals surface area contributed by atoms with Gasteiger partial charge in [-0.1, -0.05) is 23.4 Å². The summed E-state index contributed by atoms with van der Waals surface area (Å²) >= 11 is 10.5. The second-order valence-electron chi connectivity index (χ2n) is 5.23. The van der Waals surface area contributed by atoms with Gasteiger partial charge in [0.1, 0.15) is 23.0 Å². The number of ether oxygens (including phenoxy) is 1. The minimum atomic E-state index is -2.58. The smallest absolute Gasteiger partial charge is 0.255 e. The number of aromatic nitrogens is 2. The molecule has 0 radical (unpaired) electrons. The van der Waals surface area contributed by atoms with Crippen LogP contribution in [0.3, 0.4) is 0 Å². The van der Waals surface area contributed by atoms with E-state index < -0.39 is 24.8 Å². The summed E-state index contributed by atoms with van der Waals surface area (Å²) in [6, 6.07) is -0.392. The maximum absolute atomic E-state index is 14.7. The van der Waals surface area contributed by atoms with Gasteiger partial charge in [-0.2, -0.15) is 0 Å². The van der Waals surface area contributed by atoms with E-state index in [0.29, 0.717) is 0 Å². The minimum absolute atomic E-state index is 0.0102. The molecule has 2 aromatic rings. The SMILES string of the molecule is CSc1nc2c3c(c(Cl)c(Br)c(F)c3n1)OC[C@@H](C)N2CC(F)F. The number of thioether (sulfide) groups is 1. The highest BCUT2D eigenvalue weighted by Gasteiger charge is 2.32. The normalized spacial score (nSPS) is 17.3. The molecule has 1 aliphatic rings. The van der Waals surface area contributed by atoms with Crippen molar-refractivity contribution in [3.8, 4) is 5.75 Å². The average molecular weight is 443 g/mol. The Hall–Kier alpha value is -0.930. The Bertz CT molecular complexity index is 811. The van der Waals surface area contributed by atoms with Crippen molar-refractivity contribution >= 4 is 56.0 Å². The molecule has 2 heterocycles. The van der Waals surface area contributed by atoms with Crippen molar-refractivity contribution in [2.75, 3.05) is 24.3 Å². The lowest BCUT2D eigenvalue weighted by atomic mass is 10.2. The molecule has 1 aromatic heterocycles. The van der Waals surface area contributed by atoms with E-state index in [0.717, 1.165) is 0 Å². The zero-order chi connectivity index (χ0) is 17.6. The third kappa shape index (κ3) is 2.90. The lowest BCUT2D eigenvalue weighted by molar-refractivity contribution is 0.149. The molecule has 24 heavy (non-hydrogen) atoms. The first-order valence-electron chi connectivity index (χ1n) is 6.94. The van der Waals surface area contributed by atoms with Crippen LogP contribution in [0.4, 0.5) is 19.0 Å². The van der Waals surface area contributed by atoms with E-state index in [1.165, 1.54) is 16.7 Å². The molecule has 4 nitrogen and oxygen atoms in total. The molecule has 130 valence electrons. The van der Waals surface area contributed by atoms with E-state index in [4.69, 9.17) is 16.3 Å². The number of rotatable bonds is 3. The minimum Gasteiger partial charge on any atom is -0.489 e. The van der Waals surface area contributed by atoms with Crippen LogP contribution in [0.15, 0.2) is 9.63 Å². The molecule has 1 aromatic carbocycles. The van der Waals surface area contributed by atoms with E-state index in [9.17, 15) is 13.2 Å². The lowest BCUT2D eigenvalue weighted by Gasteiger charge is -2.28. The van der Waals surface area contributed by atoms with Crippen molar-refractivity contribution < 1.29 is 17.9 Å². The van der Waals surface area contributed by atoms with Gasteiger partial charge in [-0.15, -0.1) is 0 Å². The lowest BCUT2D eigenvalue weighted by Crippen LogP contribution is -2.40. The topological polar surface area (TPSA) is 38.3 Å². The number of alkyl halides is 2. The average Bonchev–Trinajstić information content (AvgIpc) is 2.68. The first kappa shape index (κ1) is 17.9. The predicted octanol–water partition coefficient (Wildman–Crippen LogP) is 4.76. The summed E-state index contributed by atoms with van der Waals surface area (Å²) in [4.78, 5) is 9.91. The van der Waals surface area contributed by atoms with Crippen LogP contribution in [0.25, 0.3) is 10.9 Å². The fraction of sp³-hybridized carbons (Fsp3) is 0.429. The number of hydrogen-bond acceptors (Lipinski definition) is 5. The second kappa shape index (κ2) is 6.76. The van der Waals surface area contributed by atoms with E-state index in [-0.39, 0.29) is 43.7 Å². The molecule has 1 atom stereocenters. The van der Waals surface area contributed by atoms with Crippen LogP contribution in [0.5, 0.6) is 5.75 Å². The van der Waals surface area contributed by atoms with E-state index in [1.54, 1.807) is 13.2 Å². The van der Waals surface area contributed by atoms with E-state index >= 15 is 0 Å². The van der Waals surface area contributed by atoms with Crippen LogP contribution in [0.2, 0.25) is 5.02 Å². The van der Waals surface area contributed by atoms with Gasteiger partial charge in [-0.3, -0.25) is 0 Å². The molecule has 0 unspecified atom stereocenters. The number of benzene rings is 1. The van der Waals surface area contributed by atoms with Crippen LogP contribution in [0.1, 0.15) is 6.92 Å². The van der Waals surface area contributed by atoms with Crippen LogP contribution >= 0.6 is 39.3 Å². The highest BCUT2D eigenvalue weighted by atomic mass is 79.9. The summed E-state index contributed by atoms with van der Waals surface area (Å²) in [5, 5.41) is 0.529. The first-order valence-corrected chi connectivity index (χ1v) is 9.34. The third-order valence-corrected chi connectivity index (χ3v) is 5.56. The van der Waals surface area contributed by atoms with E-state index in [2.05, 4.69) is 25.9 Å². The largest absolute Gasteiger partial charge is 0.489 e. The maximum atomic E-state index is 14.7. The van der Waals surface area contributed by atoms with Gasteiger partial charge < -0.3 is 9.64 Å². The van der Waals surface area contributed by atoms with Gasteiger partial charge in [-0.05, 0) is 29.1 Å². The maximum Gasteiger partial charge on any atom is 0.255 e.